The first-order valence-electron chi connectivity index (χ1n) is 12.6. The van der Waals surface area contributed by atoms with Gasteiger partial charge in [-0.15, -0.1) is 0 Å². The molecule has 0 saturated heterocycles. The zero-order valence-corrected chi connectivity index (χ0v) is 23.6. The number of non-ortho nitro benzene ring substituents is 1. The standard InChI is InChI=1S/C28H20FN9O3S2/c29-18-10-6-17(7-11-18)25-26(39)24(35-37(25)28-31-22(15-43-28)32-33-27(30)42)21-14-36(19-4-2-1-3-5-19)34-23(21)16-8-12-20(13-9-16)38(40)41/h1-14,39H,15H2,(H3,30,33,42)/b32-22+. The van der Waals surface area contributed by atoms with Crippen LogP contribution in [0.15, 0.2) is 95.2 Å². The molecular weight excluding hydrogens is 594 g/mol. The molecule has 3 heterocycles. The number of amidine groups is 1. The Hall–Kier alpha value is -5.41. The number of aliphatic imine (C=N–C) groups is 1. The van der Waals surface area contributed by atoms with Crippen molar-refractivity contribution in [3.63, 3.8) is 0 Å². The minimum Gasteiger partial charge on any atom is -0.504 e. The van der Waals surface area contributed by atoms with Gasteiger partial charge in [-0.05, 0) is 60.7 Å². The summed E-state index contributed by atoms with van der Waals surface area (Å²) in [6, 6.07) is 20.9. The summed E-state index contributed by atoms with van der Waals surface area (Å²) in [5.41, 5.74) is 11.0. The Bertz CT molecular complexity index is 1920. The number of hydrazone groups is 1. The maximum atomic E-state index is 13.8. The first-order valence-corrected chi connectivity index (χ1v) is 14.0. The van der Waals surface area contributed by atoms with Crippen LogP contribution in [-0.4, -0.2) is 51.5 Å². The largest absolute Gasteiger partial charge is 0.504 e. The van der Waals surface area contributed by atoms with Crippen LogP contribution in [-0.2, 0) is 0 Å². The molecule has 0 atom stereocenters. The predicted octanol–water partition coefficient (Wildman–Crippen LogP) is 4.92. The number of nitro benzene ring substituents is 1. The second-order valence-corrected chi connectivity index (χ2v) is 10.5. The zero-order valence-electron chi connectivity index (χ0n) is 22.0. The molecule has 0 saturated carbocycles. The fourth-order valence-electron chi connectivity index (χ4n) is 4.40. The molecule has 12 nitrogen and oxygen atoms in total. The fraction of sp³-hybridized carbons (Fsp3) is 0.0357. The van der Waals surface area contributed by atoms with Gasteiger partial charge < -0.3 is 10.8 Å². The van der Waals surface area contributed by atoms with Gasteiger partial charge >= 0.3 is 0 Å². The van der Waals surface area contributed by atoms with Crippen LogP contribution in [0.4, 0.5) is 10.1 Å². The molecule has 214 valence electrons. The summed E-state index contributed by atoms with van der Waals surface area (Å²) in [6.45, 7) is 0. The summed E-state index contributed by atoms with van der Waals surface area (Å²) in [6.07, 6.45) is 1.72. The maximum Gasteiger partial charge on any atom is 0.269 e. The van der Waals surface area contributed by atoms with Crippen LogP contribution in [0.1, 0.15) is 0 Å². The minimum absolute atomic E-state index is 0.0126. The number of halogens is 1. The number of nitrogens with zero attached hydrogens (tertiary/aromatic N) is 7. The van der Waals surface area contributed by atoms with Crippen molar-refractivity contribution in [2.24, 2.45) is 15.8 Å². The number of benzene rings is 3. The van der Waals surface area contributed by atoms with Crippen LogP contribution < -0.4 is 11.2 Å². The first-order chi connectivity index (χ1) is 20.8. The molecule has 3 aromatic carbocycles. The molecule has 15 heteroatoms. The molecule has 43 heavy (non-hydrogen) atoms. The van der Waals surface area contributed by atoms with E-state index in [4.69, 9.17) is 28.1 Å². The summed E-state index contributed by atoms with van der Waals surface area (Å²) in [4.78, 5) is 15.3. The number of hydrogen-bond acceptors (Lipinski definition) is 8. The Balaban J connectivity index is 1.55. The Labute approximate surface area is 252 Å². The molecule has 4 N–H and O–H groups in total. The molecule has 2 aromatic heterocycles. The third-order valence-corrected chi connectivity index (χ3v) is 7.37. The number of para-hydroxylation sites is 1. The van der Waals surface area contributed by atoms with Crippen molar-refractivity contribution in [2.45, 2.75) is 0 Å². The van der Waals surface area contributed by atoms with Crippen molar-refractivity contribution in [3.05, 3.63) is 101 Å². The van der Waals surface area contributed by atoms with Crippen molar-refractivity contribution in [1.82, 2.24) is 25.0 Å². The Kier molecular flexibility index (Phi) is 7.40. The van der Waals surface area contributed by atoms with Gasteiger partial charge in [-0.2, -0.15) is 15.3 Å². The molecule has 5 aromatic rings. The van der Waals surface area contributed by atoms with Crippen molar-refractivity contribution >= 4 is 45.8 Å². The number of nitrogens with two attached hydrogens (primary N) is 1. The van der Waals surface area contributed by atoms with Gasteiger partial charge in [-0.1, -0.05) is 30.0 Å². The van der Waals surface area contributed by atoms with E-state index in [9.17, 15) is 19.6 Å². The van der Waals surface area contributed by atoms with Crippen LogP contribution in [0.2, 0.25) is 0 Å². The summed E-state index contributed by atoms with van der Waals surface area (Å²) in [5, 5.41) is 37.0. The second kappa shape index (κ2) is 11.5. The number of nitrogens with one attached hydrogen (secondary N) is 1. The fourth-order valence-corrected chi connectivity index (χ4v) is 5.26. The van der Waals surface area contributed by atoms with Gasteiger partial charge in [0.15, 0.2) is 21.9 Å². The second-order valence-electron chi connectivity index (χ2n) is 9.13. The summed E-state index contributed by atoms with van der Waals surface area (Å²) in [5.74, 6) is 0.143. The van der Waals surface area contributed by atoms with Crippen LogP contribution in [0.5, 0.6) is 5.75 Å². The lowest BCUT2D eigenvalue weighted by Gasteiger charge is -2.06. The van der Waals surface area contributed by atoms with E-state index < -0.39 is 10.7 Å². The Morgan fingerprint density at radius 1 is 1.05 bits per heavy atom. The molecule has 1 aliphatic heterocycles. The summed E-state index contributed by atoms with van der Waals surface area (Å²) >= 11 is 6.13. The highest BCUT2D eigenvalue weighted by Gasteiger charge is 2.29. The molecule has 1 aliphatic rings. The summed E-state index contributed by atoms with van der Waals surface area (Å²) in [7, 11) is 0. The molecule has 6 rings (SSSR count). The van der Waals surface area contributed by atoms with Crippen molar-refractivity contribution in [3.8, 4) is 45.2 Å². The lowest BCUT2D eigenvalue weighted by atomic mass is 10.0. The van der Waals surface area contributed by atoms with E-state index >= 15 is 0 Å². The molecule has 0 amide bonds. The van der Waals surface area contributed by atoms with Gasteiger partial charge in [0.2, 0.25) is 0 Å². The maximum absolute atomic E-state index is 13.8. The lowest BCUT2D eigenvalue weighted by molar-refractivity contribution is -0.384. The van der Waals surface area contributed by atoms with Gasteiger partial charge in [-0.3, -0.25) is 15.5 Å². The van der Waals surface area contributed by atoms with Gasteiger partial charge in [0.25, 0.3) is 5.69 Å². The van der Waals surface area contributed by atoms with E-state index in [1.54, 1.807) is 23.0 Å². The van der Waals surface area contributed by atoms with Crippen LogP contribution in [0, 0.1) is 15.9 Å². The van der Waals surface area contributed by atoms with E-state index in [1.807, 2.05) is 30.3 Å². The highest BCUT2D eigenvalue weighted by atomic mass is 32.2. The monoisotopic (exact) mass is 613 g/mol. The number of aromatic hydroxyl groups is 1. The van der Waals surface area contributed by atoms with Crippen LogP contribution in [0.3, 0.4) is 0 Å². The number of aromatic nitrogens is 4. The highest BCUT2D eigenvalue weighted by molar-refractivity contribution is 8.14. The number of nitro groups is 1. The van der Waals surface area contributed by atoms with E-state index in [2.05, 4.69) is 15.5 Å². The smallest absolute Gasteiger partial charge is 0.269 e. The van der Waals surface area contributed by atoms with E-state index in [-0.39, 0.29) is 27.9 Å². The molecule has 0 unspecified atom stereocenters. The predicted molar refractivity (Wildman–Crippen MR) is 167 cm³/mol. The van der Waals surface area contributed by atoms with Crippen LogP contribution in [0.25, 0.3) is 39.5 Å². The molecule has 0 radical (unpaired) electrons. The number of thioether (sulfide) groups is 1. The number of rotatable bonds is 6. The van der Waals surface area contributed by atoms with Crippen molar-refractivity contribution in [1.29, 1.82) is 0 Å². The summed E-state index contributed by atoms with van der Waals surface area (Å²) < 4.78 is 16.9. The topological polar surface area (TPSA) is 162 Å². The van der Waals surface area contributed by atoms with E-state index in [1.165, 1.54) is 52.8 Å². The SMILES string of the molecule is NC(=S)N/N=C1\CSC(n2nc(-c3cn(-c4ccccc4)nc3-c3ccc([N+](=O)[O-])cc3)c(O)c2-c2ccc(F)cc2)=N1. The third kappa shape index (κ3) is 5.58. The minimum atomic E-state index is -0.482. The highest BCUT2D eigenvalue weighted by Crippen LogP contribution is 2.43. The first kappa shape index (κ1) is 27.7. The molecule has 0 spiro atoms. The van der Waals surface area contributed by atoms with Gasteiger partial charge in [0, 0.05) is 29.5 Å². The lowest BCUT2D eigenvalue weighted by Crippen LogP contribution is -2.25. The average molecular weight is 614 g/mol. The molecule has 0 bridgehead atoms. The normalized spacial score (nSPS) is 13.7. The Morgan fingerprint density at radius 2 is 1.74 bits per heavy atom. The number of thiocarbonyl (C=S) groups is 1. The van der Waals surface area contributed by atoms with E-state index in [0.717, 1.165) is 5.69 Å². The molecule has 0 fully saturated rings. The van der Waals surface area contributed by atoms with Gasteiger partial charge in [-0.25, -0.2) is 18.7 Å². The molecule has 0 aliphatic carbocycles. The van der Waals surface area contributed by atoms with Crippen molar-refractivity contribution < 1.29 is 14.4 Å². The van der Waals surface area contributed by atoms with Crippen molar-refractivity contribution in [2.75, 3.05) is 5.75 Å². The van der Waals surface area contributed by atoms with Gasteiger partial charge in [0.1, 0.15) is 22.9 Å². The zero-order chi connectivity index (χ0) is 30.1. The number of hydrogen-bond donors (Lipinski definition) is 3. The van der Waals surface area contributed by atoms with Crippen LogP contribution >= 0.6 is 24.0 Å². The Morgan fingerprint density at radius 3 is 2.42 bits per heavy atom. The van der Waals surface area contributed by atoms with Gasteiger partial charge in [0.05, 0.1) is 21.9 Å². The van der Waals surface area contributed by atoms with E-state index in [0.29, 0.717) is 39.1 Å². The third-order valence-electron chi connectivity index (χ3n) is 6.35. The quantitative estimate of drug-likeness (QED) is 0.137. The average Bonchev–Trinajstić information content (AvgIpc) is 3.74. The molecular formula is C28H20FN9O3S2.